The van der Waals surface area contributed by atoms with Gasteiger partial charge in [-0.2, -0.15) is 0 Å². The number of aromatic nitrogens is 4. The summed E-state index contributed by atoms with van der Waals surface area (Å²) in [5.74, 6) is 0.731. The Morgan fingerprint density at radius 1 is 0.882 bits per heavy atom. The smallest absolute Gasteiger partial charge is 0.182 e. The van der Waals surface area contributed by atoms with Gasteiger partial charge in [-0.1, -0.05) is 0 Å². The molecule has 0 amide bonds. The molecule has 0 aliphatic rings. The van der Waals surface area contributed by atoms with Crippen LogP contribution < -0.4 is 0 Å². The molecule has 0 aliphatic carbocycles. The first-order valence-electron chi connectivity index (χ1n) is 5.07. The van der Waals surface area contributed by atoms with E-state index in [-0.39, 0.29) is 5.75 Å². The van der Waals surface area contributed by atoms with Crippen LogP contribution in [0.2, 0.25) is 0 Å². The number of aromatic hydroxyl groups is 1. The van der Waals surface area contributed by atoms with Gasteiger partial charge in [-0.3, -0.25) is 4.98 Å². The number of nitrogens with zero attached hydrogens (tertiary/aromatic N) is 4. The van der Waals surface area contributed by atoms with Crippen LogP contribution in [0, 0.1) is 0 Å². The van der Waals surface area contributed by atoms with Crippen molar-refractivity contribution in [3.05, 3.63) is 42.7 Å². The van der Waals surface area contributed by atoms with E-state index in [1.54, 1.807) is 42.7 Å². The highest BCUT2D eigenvalue weighted by atomic mass is 16.3. The van der Waals surface area contributed by atoms with E-state index in [4.69, 9.17) is 0 Å². The van der Waals surface area contributed by atoms with Gasteiger partial charge in [0, 0.05) is 11.8 Å². The Labute approximate surface area is 96.8 Å². The molecule has 0 bridgehead atoms. The third-order valence-electron chi connectivity index (χ3n) is 2.38. The number of hydrogen-bond donors (Lipinski definition) is 1. The fraction of sp³-hybridized carbons (Fsp3) is 0. The van der Waals surface area contributed by atoms with Gasteiger partial charge in [0.25, 0.3) is 0 Å². The Morgan fingerprint density at radius 2 is 1.71 bits per heavy atom. The number of phenols is 1. The Morgan fingerprint density at radius 3 is 2.53 bits per heavy atom. The van der Waals surface area contributed by atoms with E-state index in [1.807, 2.05) is 0 Å². The lowest BCUT2D eigenvalue weighted by atomic mass is 10.2. The summed E-state index contributed by atoms with van der Waals surface area (Å²) in [6, 6.07) is 8.43. The molecule has 0 atom stereocenters. The second-order valence-electron chi connectivity index (χ2n) is 3.55. The van der Waals surface area contributed by atoms with E-state index in [9.17, 15) is 5.11 Å². The maximum absolute atomic E-state index is 9.21. The van der Waals surface area contributed by atoms with E-state index >= 15 is 0 Å². The number of rotatable bonds is 1. The summed E-state index contributed by atoms with van der Waals surface area (Å²) in [5.41, 5.74) is 2.22. The van der Waals surface area contributed by atoms with Gasteiger partial charge < -0.3 is 5.11 Å². The third kappa shape index (κ3) is 1.78. The van der Waals surface area contributed by atoms with Crippen molar-refractivity contribution in [2.45, 2.75) is 0 Å². The summed E-state index contributed by atoms with van der Waals surface area (Å²) >= 11 is 0. The number of hydrogen-bond acceptors (Lipinski definition) is 5. The van der Waals surface area contributed by atoms with E-state index in [2.05, 4.69) is 20.2 Å². The fourth-order valence-corrected chi connectivity index (χ4v) is 1.52. The van der Waals surface area contributed by atoms with Crippen molar-refractivity contribution in [2.75, 3.05) is 0 Å². The molecule has 82 valence electrons. The predicted octanol–water partition coefficient (Wildman–Crippen LogP) is 1.79. The largest absolute Gasteiger partial charge is 0.508 e. The normalized spacial score (nSPS) is 10.6. The molecule has 0 spiro atoms. The Bertz CT molecular complexity index is 667. The number of phenolic OH excluding ortho intramolecular Hbond substituents is 1. The lowest BCUT2D eigenvalue weighted by molar-refractivity contribution is 0.475. The summed E-state index contributed by atoms with van der Waals surface area (Å²) in [6.07, 6.45) is 3.30. The van der Waals surface area contributed by atoms with Crippen molar-refractivity contribution in [2.24, 2.45) is 0 Å². The van der Waals surface area contributed by atoms with Crippen molar-refractivity contribution in [3.63, 3.8) is 0 Å². The first kappa shape index (κ1) is 9.65. The van der Waals surface area contributed by atoms with E-state index < -0.39 is 0 Å². The van der Waals surface area contributed by atoms with Crippen LogP contribution in [0.5, 0.6) is 5.75 Å². The predicted molar refractivity (Wildman–Crippen MR) is 62.2 cm³/mol. The van der Waals surface area contributed by atoms with Gasteiger partial charge in [0.15, 0.2) is 5.82 Å². The van der Waals surface area contributed by atoms with Gasteiger partial charge in [0.1, 0.15) is 16.8 Å². The zero-order valence-corrected chi connectivity index (χ0v) is 8.78. The highest BCUT2D eigenvalue weighted by Gasteiger charge is 2.04. The lowest BCUT2D eigenvalue weighted by Gasteiger charge is -2.00. The van der Waals surface area contributed by atoms with Gasteiger partial charge in [0.05, 0.1) is 6.20 Å². The van der Waals surface area contributed by atoms with Gasteiger partial charge in [-0.05, 0) is 30.3 Å². The fourth-order valence-electron chi connectivity index (χ4n) is 1.52. The van der Waals surface area contributed by atoms with Crippen molar-refractivity contribution in [3.8, 4) is 17.1 Å². The molecule has 5 nitrogen and oxygen atoms in total. The molecule has 0 aliphatic heterocycles. The molecule has 0 radical (unpaired) electrons. The van der Waals surface area contributed by atoms with Crippen LogP contribution >= 0.6 is 0 Å². The molecule has 0 unspecified atom stereocenters. The van der Waals surface area contributed by atoms with E-state index in [0.29, 0.717) is 16.9 Å². The Kier molecular flexibility index (Phi) is 2.15. The molecule has 2 heterocycles. The summed E-state index contributed by atoms with van der Waals surface area (Å²) in [6.45, 7) is 0. The first-order valence-corrected chi connectivity index (χ1v) is 5.07. The van der Waals surface area contributed by atoms with Gasteiger partial charge >= 0.3 is 0 Å². The maximum Gasteiger partial charge on any atom is 0.182 e. The molecule has 3 rings (SSSR count). The van der Waals surface area contributed by atoms with Crippen LogP contribution in [-0.2, 0) is 0 Å². The Hall–Kier alpha value is -2.56. The summed E-state index contributed by atoms with van der Waals surface area (Å²) < 4.78 is 0. The highest BCUT2D eigenvalue weighted by molar-refractivity contribution is 5.74. The van der Waals surface area contributed by atoms with Crippen LogP contribution in [0.15, 0.2) is 42.7 Å². The highest BCUT2D eigenvalue weighted by Crippen LogP contribution is 2.18. The number of pyridine rings is 1. The second kappa shape index (κ2) is 3.79. The first-order chi connectivity index (χ1) is 8.33. The van der Waals surface area contributed by atoms with E-state index in [1.165, 1.54) is 0 Å². The topological polar surface area (TPSA) is 71.8 Å². The van der Waals surface area contributed by atoms with Crippen LogP contribution in [-0.4, -0.2) is 25.3 Å². The second-order valence-corrected chi connectivity index (χ2v) is 3.55. The molecule has 1 N–H and O–H groups in total. The standard InChI is InChI=1S/C12H8N4O/c17-9-3-1-8(2-4-9)12-14-11-7-13-6-5-10(11)15-16-12/h1-7,17H. The monoisotopic (exact) mass is 224 g/mol. The van der Waals surface area contributed by atoms with Crippen LogP contribution in [0.4, 0.5) is 0 Å². The SMILES string of the molecule is Oc1ccc(-c2nnc3ccncc3n2)cc1. The minimum Gasteiger partial charge on any atom is -0.508 e. The number of benzene rings is 1. The van der Waals surface area contributed by atoms with Crippen LogP contribution in [0.3, 0.4) is 0 Å². The average molecular weight is 224 g/mol. The summed E-state index contributed by atoms with van der Waals surface area (Å²) in [7, 11) is 0. The van der Waals surface area contributed by atoms with Gasteiger partial charge in [0.2, 0.25) is 0 Å². The number of fused-ring (bicyclic) bond motifs is 1. The minimum absolute atomic E-state index is 0.212. The molecule has 5 heteroatoms. The zero-order chi connectivity index (χ0) is 11.7. The van der Waals surface area contributed by atoms with Crippen molar-refractivity contribution >= 4 is 11.0 Å². The maximum atomic E-state index is 9.21. The van der Waals surface area contributed by atoms with Crippen molar-refractivity contribution in [1.29, 1.82) is 0 Å². The molecule has 17 heavy (non-hydrogen) atoms. The van der Waals surface area contributed by atoms with Crippen LogP contribution in [0.1, 0.15) is 0 Å². The molecule has 1 aromatic carbocycles. The molecular weight excluding hydrogens is 216 g/mol. The minimum atomic E-state index is 0.212. The quantitative estimate of drug-likeness (QED) is 0.682. The Balaban J connectivity index is 2.14. The van der Waals surface area contributed by atoms with Crippen LogP contribution in [0.25, 0.3) is 22.4 Å². The lowest BCUT2D eigenvalue weighted by Crippen LogP contribution is -1.94. The summed E-state index contributed by atoms with van der Waals surface area (Å²) in [5, 5.41) is 17.3. The third-order valence-corrected chi connectivity index (χ3v) is 2.38. The summed E-state index contributed by atoms with van der Waals surface area (Å²) in [4.78, 5) is 8.35. The molecular formula is C12H8N4O. The van der Waals surface area contributed by atoms with Crippen molar-refractivity contribution in [1.82, 2.24) is 20.2 Å². The average Bonchev–Trinajstić information content (AvgIpc) is 2.39. The van der Waals surface area contributed by atoms with Gasteiger partial charge in [-0.25, -0.2) is 4.98 Å². The zero-order valence-electron chi connectivity index (χ0n) is 8.78. The van der Waals surface area contributed by atoms with Gasteiger partial charge in [-0.15, -0.1) is 10.2 Å². The molecule has 3 aromatic rings. The molecule has 0 saturated heterocycles. The van der Waals surface area contributed by atoms with E-state index in [0.717, 1.165) is 5.56 Å². The van der Waals surface area contributed by atoms with Crippen molar-refractivity contribution < 1.29 is 5.11 Å². The molecule has 2 aromatic heterocycles. The molecule has 0 saturated carbocycles. The molecule has 0 fully saturated rings.